The van der Waals surface area contributed by atoms with E-state index in [1.165, 1.54) is 37.3 Å². The van der Waals surface area contributed by atoms with E-state index in [9.17, 15) is 36.4 Å². The number of hydrogen-bond donors (Lipinski definition) is 1. The minimum absolute atomic E-state index is 0.0295. The number of anilines is 1. The Hall–Kier alpha value is -3.91. The summed E-state index contributed by atoms with van der Waals surface area (Å²) >= 11 is 0. The Morgan fingerprint density at radius 3 is 2.32 bits per heavy atom. The molecule has 2 aromatic carbocycles. The van der Waals surface area contributed by atoms with Crippen molar-refractivity contribution >= 4 is 21.4 Å². The summed E-state index contributed by atoms with van der Waals surface area (Å²) in [5.41, 5.74) is -1.67. The molecule has 0 unspecified atom stereocenters. The normalized spacial score (nSPS) is 11.6. The molecule has 0 aliphatic heterocycles. The highest BCUT2D eigenvalue weighted by Gasteiger charge is 2.32. The van der Waals surface area contributed by atoms with Gasteiger partial charge in [0.2, 0.25) is 0 Å². The van der Waals surface area contributed by atoms with Gasteiger partial charge in [0.05, 0.1) is 22.6 Å². The lowest BCUT2D eigenvalue weighted by molar-refractivity contribution is -0.137. The highest BCUT2D eigenvalue weighted by atomic mass is 32.2. The van der Waals surface area contributed by atoms with Crippen LogP contribution >= 0.6 is 0 Å². The molecule has 3 aromatic rings. The summed E-state index contributed by atoms with van der Waals surface area (Å²) in [5.74, 6) is -0.927. The largest absolute Gasteiger partial charge is 0.416 e. The molecule has 0 bridgehead atoms. The van der Waals surface area contributed by atoms with Crippen LogP contribution in [0.2, 0.25) is 0 Å². The van der Waals surface area contributed by atoms with Gasteiger partial charge >= 0.3 is 6.18 Å². The Labute approximate surface area is 193 Å². The van der Waals surface area contributed by atoms with Crippen molar-refractivity contribution in [1.82, 2.24) is 4.98 Å². The fourth-order valence-electron chi connectivity index (χ4n) is 3.20. The van der Waals surface area contributed by atoms with Crippen LogP contribution in [0.3, 0.4) is 0 Å². The standard InChI is InChI=1S/C23H18F3N3O4S/c1-14-16(12-27)10-20(21(30)28-14)22(31)29(18-5-3-4-17(11-18)23(24,25)26)13-15-6-8-19(9-7-15)34(2,32)33/h3-11H,13H2,1-2H3,(H,28,30). The number of benzene rings is 2. The van der Waals surface area contributed by atoms with Crippen LogP contribution < -0.4 is 10.5 Å². The highest BCUT2D eigenvalue weighted by molar-refractivity contribution is 7.90. The average molecular weight is 489 g/mol. The number of pyridine rings is 1. The summed E-state index contributed by atoms with van der Waals surface area (Å²) in [4.78, 5) is 29.2. The number of alkyl halides is 3. The van der Waals surface area contributed by atoms with Crippen LogP contribution in [0.5, 0.6) is 0 Å². The Morgan fingerprint density at radius 2 is 1.76 bits per heavy atom. The van der Waals surface area contributed by atoms with E-state index >= 15 is 0 Å². The average Bonchev–Trinajstić information content (AvgIpc) is 2.76. The molecular weight excluding hydrogens is 471 g/mol. The molecule has 0 atom stereocenters. The smallest absolute Gasteiger partial charge is 0.324 e. The number of nitriles is 1. The monoisotopic (exact) mass is 489 g/mol. The number of aromatic nitrogens is 1. The first-order valence-corrected chi connectivity index (χ1v) is 11.6. The Kier molecular flexibility index (Phi) is 6.65. The number of sulfone groups is 1. The van der Waals surface area contributed by atoms with Gasteiger partial charge in [-0.05, 0) is 48.9 Å². The van der Waals surface area contributed by atoms with Gasteiger partial charge in [-0.25, -0.2) is 8.42 Å². The van der Waals surface area contributed by atoms with Crippen molar-refractivity contribution in [2.45, 2.75) is 24.5 Å². The van der Waals surface area contributed by atoms with Crippen LogP contribution in [-0.4, -0.2) is 25.6 Å². The number of aromatic amines is 1. The van der Waals surface area contributed by atoms with Gasteiger partial charge in [0.1, 0.15) is 11.6 Å². The van der Waals surface area contributed by atoms with Crippen molar-refractivity contribution in [3.8, 4) is 6.07 Å². The number of rotatable bonds is 5. The zero-order valence-corrected chi connectivity index (χ0v) is 18.8. The van der Waals surface area contributed by atoms with Gasteiger partial charge in [-0.1, -0.05) is 18.2 Å². The topological polar surface area (TPSA) is 111 Å². The van der Waals surface area contributed by atoms with E-state index in [2.05, 4.69) is 4.98 Å². The van der Waals surface area contributed by atoms with Crippen molar-refractivity contribution in [3.63, 3.8) is 0 Å². The maximum absolute atomic E-state index is 13.4. The van der Waals surface area contributed by atoms with Gasteiger partial charge in [0.15, 0.2) is 9.84 Å². The minimum atomic E-state index is -4.67. The van der Waals surface area contributed by atoms with E-state index in [-0.39, 0.29) is 28.4 Å². The number of hydrogen-bond acceptors (Lipinski definition) is 5. The summed E-state index contributed by atoms with van der Waals surface area (Å²) in [6.45, 7) is 1.21. The first-order valence-electron chi connectivity index (χ1n) is 9.73. The van der Waals surface area contributed by atoms with Crippen molar-refractivity contribution < 1.29 is 26.4 Å². The number of nitrogens with zero attached hydrogens (tertiary/aromatic N) is 2. The maximum Gasteiger partial charge on any atom is 0.416 e. The number of carbonyl (C=O) groups excluding carboxylic acids is 1. The molecule has 0 aliphatic rings. The van der Waals surface area contributed by atoms with Crippen molar-refractivity contribution in [2.24, 2.45) is 0 Å². The quantitative estimate of drug-likeness (QED) is 0.586. The summed E-state index contributed by atoms with van der Waals surface area (Å²) in [7, 11) is -3.48. The fraction of sp³-hybridized carbons (Fsp3) is 0.174. The summed E-state index contributed by atoms with van der Waals surface area (Å²) < 4.78 is 63.3. The molecule has 0 saturated heterocycles. The number of carbonyl (C=O) groups is 1. The predicted molar refractivity (Wildman–Crippen MR) is 118 cm³/mol. The van der Waals surface area contributed by atoms with Crippen molar-refractivity contribution in [2.75, 3.05) is 11.2 Å². The molecular formula is C23H18F3N3O4S. The lowest BCUT2D eigenvalue weighted by atomic mass is 10.1. The molecule has 34 heavy (non-hydrogen) atoms. The molecule has 1 amide bonds. The molecule has 0 radical (unpaired) electrons. The summed E-state index contributed by atoms with van der Waals surface area (Å²) in [6.07, 6.45) is -3.64. The van der Waals surface area contributed by atoms with Crippen LogP contribution in [0, 0.1) is 18.3 Å². The first-order chi connectivity index (χ1) is 15.8. The van der Waals surface area contributed by atoms with Crippen LogP contribution in [-0.2, 0) is 22.6 Å². The third kappa shape index (κ3) is 5.35. The molecule has 1 N–H and O–H groups in total. The number of amides is 1. The third-order valence-electron chi connectivity index (χ3n) is 5.01. The van der Waals surface area contributed by atoms with Crippen molar-refractivity contribution in [3.05, 3.63) is 92.9 Å². The van der Waals surface area contributed by atoms with Gasteiger partial charge in [-0.15, -0.1) is 0 Å². The van der Waals surface area contributed by atoms with Gasteiger partial charge in [0.25, 0.3) is 11.5 Å². The number of halogens is 3. The molecule has 0 aliphatic carbocycles. The second-order valence-electron chi connectivity index (χ2n) is 7.52. The second-order valence-corrected chi connectivity index (χ2v) is 9.53. The van der Waals surface area contributed by atoms with Crippen LogP contribution in [0.4, 0.5) is 18.9 Å². The molecule has 0 fully saturated rings. The number of aryl methyl sites for hydroxylation is 1. The van der Waals surface area contributed by atoms with E-state index in [4.69, 9.17) is 0 Å². The molecule has 176 valence electrons. The lowest BCUT2D eigenvalue weighted by Gasteiger charge is -2.24. The second kappa shape index (κ2) is 9.15. The number of H-pyrrole nitrogens is 1. The molecule has 1 aromatic heterocycles. The molecule has 0 saturated carbocycles. The van der Waals surface area contributed by atoms with Gasteiger partial charge in [-0.3, -0.25) is 9.59 Å². The SMILES string of the molecule is Cc1[nH]c(=O)c(C(=O)N(Cc2ccc(S(C)(=O)=O)cc2)c2cccc(C(F)(F)F)c2)cc1C#N. The molecule has 7 nitrogen and oxygen atoms in total. The van der Waals surface area contributed by atoms with Crippen LogP contribution in [0.1, 0.15) is 32.7 Å². The van der Waals surface area contributed by atoms with E-state index < -0.39 is 38.6 Å². The summed E-state index contributed by atoms with van der Waals surface area (Å²) in [6, 6.07) is 12.4. The number of nitrogens with one attached hydrogen (secondary N) is 1. The molecule has 0 spiro atoms. The van der Waals surface area contributed by atoms with Crippen molar-refractivity contribution in [1.29, 1.82) is 5.26 Å². The van der Waals surface area contributed by atoms with E-state index in [0.29, 0.717) is 5.56 Å². The first kappa shape index (κ1) is 24.7. The van der Waals surface area contributed by atoms with E-state index in [1.807, 2.05) is 6.07 Å². The third-order valence-corrected chi connectivity index (χ3v) is 6.14. The lowest BCUT2D eigenvalue weighted by Crippen LogP contribution is -2.35. The molecule has 1 heterocycles. The predicted octanol–water partition coefficient (Wildman–Crippen LogP) is 3.82. The Bertz CT molecular complexity index is 1450. The highest BCUT2D eigenvalue weighted by Crippen LogP contribution is 2.32. The maximum atomic E-state index is 13.4. The summed E-state index contributed by atoms with van der Waals surface area (Å²) in [5, 5.41) is 9.25. The molecule has 3 rings (SSSR count). The zero-order valence-electron chi connectivity index (χ0n) is 18.0. The van der Waals surface area contributed by atoms with Gasteiger partial charge < -0.3 is 9.88 Å². The fourth-order valence-corrected chi connectivity index (χ4v) is 3.83. The van der Waals surface area contributed by atoms with E-state index in [0.717, 1.165) is 35.4 Å². The van der Waals surface area contributed by atoms with Crippen LogP contribution in [0.15, 0.2) is 64.3 Å². The van der Waals surface area contributed by atoms with Gasteiger partial charge in [0, 0.05) is 17.6 Å². The Balaban J connectivity index is 2.12. The Morgan fingerprint density at radius 1 is 1.12 bits per heavy atom. The minimum Gasteiger partial charge on any atom is -0.324 e. The van der Waals surface area contributed by atoms with E-state index in [1.54, 1.807) is 0 Å². The van der Waals surface area contributed by atoms with Crippen LogP contribution in [0.25, 0.3) is 0 Å². The zero-order chi connectivity index (χ0) is 25.3. The molecule has 11 heteroatoms. The van der Waals surface area contributed by atoms with Gasteiger partial charge in [-0.2, -0.15) is 18.4 Å².